The van der Waals surface area contributed by atoms with Crippen LogP contribution in [0, 0.1) is 6.92 Å². The van der Waals surface area contributed by atoms with Gasteiger partial charge in [0.1, 0.15) is 0 Å². The SMILES string of the molecule is CC[C@@H](C)Oc1nncc2cc(-c3cc(C(N)=O)ccc3C)ccc12. The maximum atomic E-state index is 11.5. The predicted octanol–water partition coefficient (Wildman–Crippen LogP) is 3.88. The van der Waals surface area contributed by atoms with E-state index in [0.29, 0.717) is 11.4 Å². The van der Waals surface area contributed by atoms with E-state index in [1.165, 1.54) is 0 Å². The lowest BCUT2D eigenvalue weighted by Crippen LogP contribution is -2.11. The molecule has 2 aromatic carbocycles. The molecule has 0 aliphatic heterocycles. The van der Waals surface area contributed by atoms with Crippen molar-refractivity contribution in [2.24, 2.45) is 5.73 Å². The number of nitrogens with two attached hydrogens (primary N) is 1. The summed E-state index contributed by atoms with van der Waals surface area (Å²) in [6.45, 7) is 6.08. The molecule has 0 bridgehead atoms. The van der Waals surface area contributed by atoms with Crippen LogP contribution < -0.4 is 10.5 Å². The molecule has 0 unspecified atom stereocenters. The first-order valence-corrected chi connectivity index (χ1v) is 8.32. The van der Waals surface area contributed by atoms with Crippen molar-refractivity contribution in [2.45, 2.75) is 33.3 Å². The Labute approximate surface area is 146 Å². The van der Waals surface area contributed by atoms with Crippen LogP contribution in [0.2, 0.25) is 0 Å². The summed E-state index contributed by atoms with van der Waals surface area (Å²) in [5, 5.41) is 10.0. The van der Waals surface area contributed by atoms with Crippen LogP contribution in [0.3, 0.4) is 0 Å². The molecule has 128 valence electrons. The van der Waals surface area contributed by atoms with Gasteiger partial charge >= 0.3 is 0 Å². The molecule has 0 saturated heterocycles. The number of fused-ring (bicyclic) bond motifs is 1. The highest BCUT2D eigenvalue weighted by Gasteiger charge is 2.11. The fourth-order valence-electron chi connectivity index (χ4n) is 2.68. The van der Waals surface area contributed by atoms with Crippen molar-refractivity contribution in [3.63, 3.8) is 0 Å². The van der Waals surface area contributed by atoms with Gasteiger partial charge in [0, 0.05) is 16.3 Å². The summed E-state index contributed by atoms with van der Waals surface area (Å²) in [6.07, 6.45) is 2.69. The molecule has 5 nitrogen and oxygen atoms in total. The maximum Gasteiger partial charge on any atom is 0.248 e. The molecule has 1 amide bonds. The Kier molecular flexibility index (Phi) is 4.65. The van der Waals surface area contributed by atoms with Crippen LogP contribution in [-0.4, -0.2) is 22.2 Å². The van der Waals surface area contributed by atoms with Gasteiger partial charge in [0.2, 0.25) is 11.8 Å². The summed E-state index contributed by atoms with van der Waals surface area (Å²) in [5.41, 5.74) is 8.94. The van der Waals surface area contributed by atoms with Gasteiger partial charge in [0.15, 0.2) is 0 Å². The first-order chi connectivity index (χ1) is 12.0. The second-order valence-electron chi connectivity index (χ2n) is 6.18. The van der Waals surface area contributed by atoms with Gasteiger partial charge in [-0.3, -0.25) is 4.79 Å². The van der Waals surface area contributed by atoms with Crippen LogP contribution >= 0.6 is 0 Å². The van der Waals surface area contributed by atoms with Crippen LogP contribution in [0.5, 0.6) is 5.88 Å². The molecule has 0 spiro atoms. The van der Waals surface area contributed by atoms with Crippen LogP contribution in [0.1, 0.15) is 36.2 Å². The van der Waals surface area contributed by atoms with Crippen molar-refractivity contribution in [1.82, 2.24) is 10.2 Å². The van der Waals surface area contributed by atoms with E-state index in [9.17, 15) is 4.79 Å². The molecule has 0 saturated carbocycles. The number of rotatable bonds is 5. The van der Waals surface area contributed by atoms with E-state index in [4.69, 9.17) is 10.5 Å². The first-order valence-electron chi connectivity index (χ1n) is 8.32. The quantitative estimate of drug-likeness (QED) is 0.767. The Hall–Kier alpha value is -2.95. The van der Waals surface area contributed by atoms with Gasteiger partial charge < -0.3 is 10.5 Å². The van der Waals surface area contributed by atoms with E-state index in [2.05, 4.69) is 17.1 Å². The van der Waals surface area contributed by atoms with Crippen molar-refractivity contribution in [2.75, 3.05) is 0 Å². The Morgan fingerprint density at radius 3 is 2.76 bits per heavy atom. The number of aryl methyl sites for hydroxylation is 1. The van der Waals surface area contributed by atoms with Gasteiger partial charge in [-0.15, -0.1) is 5.10 Å². The van der Waals surface area contributed by atoms with Crippen LogP contribution in [-0.2, 0) is 0 Å². The van der Waals surface area contributed by atoms with Crippen LogP contribution in [0.25, 0.3) is 21.9 Å². The van der Waals surface area contributed by atoms with Crippen molar-refractivity contribution in [1.29, 1.82) is 0 Å². The number of hydrogen-bond acceptors (Lipinski definition) is 4. The Balaban J connectivity index is 2.08. The van der Waals surface area contributed by atoms with Gasteiger partial charge in [-0.2, -0.15) is 5.10 Å². The molecular weight excluding hydrogens is 314 g/mol. The average Bonchev–Trinajstić information content (AvgIpc) is 2.61. The lowest BCUT2D eigenvalue weighted by atomic mass is 9.96. The number of carbonyl (C=O) groups is 1. The highest BCUT2D eigenvalue weighted by Crippen LogP contribution is 2.30. The summed E-state index contributed by atoms with van der Waals surface area (Å²) < 4.78 is 5.86. The van der Waals surface area contributed by atoms with Gasteiger partial charge in [0.25, 0.3) is 0 Å². The largest absolute Gasteiger partial charge is 0.473 e. The first kappa shape index (κ1) is 16.9. The van der Waals surface area contributed by atoms with Gasteiger partial charge in [-0.25, -0.2) is 0 Å². The fraction of sp³-hybridized carbons (Fsp3) is 0.250. The van der Waals surface area contributed by atoms with Gasteiger partial charge in [-0.1, -0.05) is 19.1 Å². The third kappa shape index (κ3) is 3.45. The minimum atomic E-state index is -0.433. The van der Waals surface area contributed by atoms with Crippen molar-refractivity contribution in [3.8, 4) is 17.0 Å². The number of ether oxygens (including phenoxy) is 1. The molecule has 2 N–H and O–H groups in total. The lowest BCUT2D eigenvalue weighted by molar-refractivity contribution is 0.100. The maximum absolute atomic E-state index is 11.5. The molecule has 0 radical (unpaired) electrons. The summed E-state index contributed by atoms with van der Waals surface area (Å²) in [5.74, 6) is 0.109. The monoisotopic (exact) mass is 335 g/mol. The van der Waals surface area contributed by atoms with E-state index >= 15 is 0 Å². The van der Waals surface area contributed by atoms with E-state index < -0.39 is 5.91 Å². The third-order valence-electron chi connectivity index (χ3n) is 4.35. The lowest BCUT2D eigenvalue weighted by Gasteiger charge is -2.14. The Morgan fingerprint density at radius 1 is 1.24 bits per heavy atom. The van der Waals surface area contributed by atoms with E-state index in [0.717, 1.165) is 33.9 Å². The minimum absolute atomic E-state index is 0.0778. The number of carbonyl (C=O) groups excluding carboxylic acids is 1. The van der Waals surface area contributed by atoms with Crippen molar-refractivity contribution < 1.29 is 9.53 Å². The zero-order chi connectivity index (χ0) is 18.0. The number of primary amides is 1. The Morgan fingerprint density at radius 2 is 2.04 bits per heavy atom. The second kappa shape index (κ2) is 6.89. The number of aromatic nitrogens is 2. The molecule has 0 aliphatic rings. The summed E-state index contributed by atoms with van der Waals surface area (Å²) in [6, 6.07) is 11.5. The smallest absolute Gasteiger partial charge is 0.248 e. The topological polar surface area (TPSA) is 78.1 Å². The molecule has 0 aliphatic carbocycles. The molecule has 0 fully saturated rings. The molecule has 25 heavy (non-hydrogen) atoms. The molecule has 5 heteroatoms. The molecule has 1 aromatic heterocycles. The zero-order valence-electron chi connectivity index (χ0n) is 14.6. The number of hydrogen-bond donors (Lipinski definition) is 1. The second-order valence-corrected chi connectivity index (χ2v) is 6.18. The predicted molar refractivity (Wildman–Crippen MR) is 98.6 cm³/mol. The van der Waals surface area contributed by atoms with E-state index in [1.54, 1.807) is 12.3 Å². The summed E-state index contributed by atoms with van der Waals surface area (Å²) in [7, 11) is 0. The van der Waals surface area contributed by atoms with Crippen molar-refractivity contribution in [3.05, 3.63) is 53.7 Å². The number of amides is 1. The number of benzene rings is 2. The number of nitrogens with zero attached hydrogens (tertiary/aromatic N) is 2. The molecule has 3 aromatic rings. The molecular formula is C20H21N3O2. The normalized spacial score (nSPS) is 12.1. The summed E-state index contributed by atoms with van der Waals surface area (Å²) in [4.78, 5) is 11.5. The minimum Gasteiger partial charge on any atom is -0.473 e. The van der Waals surface area contributed by atoms with E-state index in [-0.39, 0.29) is 6.10 Å². The fourth-order valence-corrected chi connectivity index (χ4v) is 2.68. The van der Waals surface area contributed by atoms with Crippen molar-refractivity contribution >= 4 is 16.7 Å². The molecule has 1 heterocycles. The van der Waals surface area contributed by atoms with Crippen LogP contribution in [0.15, 0.2) is 42.6 Å². The zero-order valence-corrected chi connectivity index (χ0v) is 14.6. The molecule has 3 rings (SSSR count). The summed E-state index contributed by atoms with van der Waals surface area (Å²) >= 11 is 0. The van der Waals surface area contributed by atoms with Gasteiger partial charge in [-0.05, 0) is 61.2 Å². The highest BCUT2D eigenvalue weighted by atomic mass is 16.5. The molecule has 1 atom stereocenters. The highest BCUT2D eigenvalue weighted by molar-refractivity contribution is 5.95. The Bertz CT molecular complexity index is 937. The average molecular weight is 335 g/mol. The van der Waals surface area contributed by atoms with Crippen LogP contribution in [0.4, 0.5) is 0 Å². The standard InChI is InChI=1S/C20H21N3O2/c1-4-13(3)25-20-17-8-7-14(9-16(17)11-22-23-20)18-10-15(19(21)24)6-5-12(18)2/h5-11,13H,4H2,1-3H3,(H2,21,24)/t13-/m1/s1. The van der Waals surface area contributed by atoms with Gasteiger partial charge in [0.05, 0.1) is 12.3 Å². The van der Waals surface area contributed by atoms with E-state index in [1.807, 2.05) is 44.2 Å². The third-order valence-corrected chi connectivity index (χ3v) is 4.35.